The summed E-state index contributed by atoms with van der Waals surface area (Å²) < 4.78 is 13.4. The van der Waals surface area contributed by atoms with Crippen molar-refractivity contribution in [1.29, 1.82) is 0 Å². The van der Waals surface area contributed by atoms with E-state index in [1.165, 1.54) is 31.9 Å². The molecule has 0 unspecified atom stereocenters. The molecular weight excluding hydrogens is 253 g/mol. The van der Waals surface area contributed by atoms with Crippen molar-refractivity contribution >= 4 is 5.82 Å². The van der Waals surface area contributed by atoms with E-state index in [0.29, 0.717) is 12.0 Å². The second-order valence-electron chi connectivity index (χ2n) is 5.86. The number of nitrogens with zero attached hydrogens (tertiary/aromatic N) is 2. The molecule has 0 aliphatic carbocycles. The second-order valence-corrected chi connectivity index (χ2v) is 5.86. The van der Waals surface area contributed by atoms with Gasteiger partial charge >= 0.3 is 0 Å². The summed E-state index contributed by atoms with van der Waals surface area (Å²) in [5, 5.41) is 3.10. The van der Waals surface area contributed by atoms with Crippen molar-refractivity contribution in [2.45, 2.75) is 46.1 Å². The highest BCUT2D eigenvalue weighted by Gasteiger charge is 2.32. The Labute approximate surface area is 121 Å². The number of nitrogens with one attached hydrogen (secondary N) is 1. The Bertz CT molecular complexity index is 433. The number of rotatable bonds is 5. The molecule has 0 saturated carbocycles. The lowest BCUT2D eigenvalue weighted by Gasteiger charge is -2.42. The van der Waals surface area contributed by atoms with Gasteiger partial charge in [0.2, 0.25) is 0 Å². The van der Waals surface area contributed by atoms with E-state index in [-0.39, 0.29) is 5.82 Å². The normalized spacial score (nSPS) is 18.3. The summed E-state index contributed by atoms with van der Waals surface area (Å²) in [5.74, 6) is 0.689. The quantitative estimate of drug-likeness (QED) is 0.896. The lowest BCUT2D eigenvalue weighted by atomic mass is 9.74. The first-order chi connectivity index (χ1) is 9.64. The summed E-state index contributed by atoms with van der Waals surface area (Å²) in [6.07, 6.45) is 6.24. The highest BCUT2D eigenvalue weighted by molar-refractivity contribution is 5.47. The van der Waals surface area contributed by atoms with Crippen LogP contribution in [0.1, 0.15) is 45.1 Å². The number of aromatic nitrogens is 1. The van der Waals surface area contributed by atoms with Crippen LogP contribution in [0.3, 0.4) is 0 Å². The molecule has 112 valence electrons. The zero-order valence-corrected chi connectivity index (χ0v) is 12.9. The first-order valence-corrected chi connectivity index (χ1v) is 7.68. The lowest BCUT2D eigenvalue weighted by molar-refractivity contribution is 0.199. The maximum Gasteiger partial charge on any atom is 0.141 e. The molecule has 2 heterocycles. The molecule has 0 spiro atoms. The highest BCUT2D eigenvalue weighted by atomic mass is 19.1. The van der Waals surface area contributed by atoms with Crippen molar-refractivity contribution in [3.8, 4) is 0 Å². The lowest BCUT2D eigenvalue weighted by Crippen LogP contribution is -2.40. The minimum Gasteiger partial charge on any atom is -0.356 e. The molecule has 0 radical (unpaired) electrons. The van der Waals surface area contributed by atoms with Gasteiger partial charge in [0.25, 0.3) is 0 Å². The van der Waals surface area contributed by atoms with Gasteiger partial charge in [-0.1, -0.05) is 26.7 Å². The molecule has 0 atom stereocenters. The Morgan fingerprint density at radius 1 is 1.30 bits per heavy atom. The maximum atomic E-state index is 13.4. The molecule has 1 saturated heterocycles. The van der Waals surface area contributed by atoms with Crippen LogP contribution in [0.15, 0.2) is 12.3 Å². The number of pyridine rings is 1. The summed E-state index contributed by atoms with van der Waals surface area (Å²) in [7, 11) is 1.88. The van der Waals surface area contributed by atoms with Crippen LogP contribution in [0.25, 0.3) is 0 Å². The third-order valence-electron chi connectivity index (χ3n) is 4.90. The molecule has 2 rings (SSSR count). The molecule has 1 N–H and O–H groups in total. The molecule has 0 bridgehead atoms. The topological polar surface area (TPSA) is 28.2 Å². The first kappa shape index (κ1) is 15.2. The largest absolute Gasteiger partial charge is 0.356 e. The van der Waals surface area contributed by atoms with Crippen LogP contribution in [0.5, 0.6) is 0 Å². The van der Waals surface area contributed by atoms with E-state index in [2.05, 4.69) is 29.0 Å². The van der Waals surface area contributed by atoms with Gasteiger partial charge < -0.3 is 10.2 Å². The average Bonchev–Trinajstić information content (AvgIpc) is 2.48. The highest BCUT2D eigenvalue weighted by Crippen LogP contribution is 2.39. The fourth-order valence-electron chi connectivity index (χ4n) is 3.23. The van der Waals surface area contributed by atoms with Gasteiger partial charge in [-0.25, -0.2) is 9.37 Å². The average molecular weight is 279 g/mol. The van der Waals surface area contributed by atoms with Gasteiger partial charge in [-0.2, -0.15) is 0 Å². The first-order valence-electron chi connectivity index (χ1n) is 7.68. The molecule has 3 nitrogen and oxygen atoms in total. The van der Waals surface area contributed by atoms with Gasteiger partial charge in [0, 0.05) is 25.2 Å². The zero-order chi connectivity index (χ0) is 14.6. The van der Waals surface area contributed by atoms with Gasteiger partial charge in [0.1, 0.15) is 11.6 Å². The third kappa shape index (κ3) is 3.11. The SMILES string of the molecule is CCC1(CC)CCN(c2ncc(F)cc2CNC)CC1. The molecule has 1 aromatic rings. The standard InChI is InChI=1S/C16H26FN3/c1-4-16(5-2)6-8-20(9-7-16)15-13(11-18-3)10-14(17)12-19-15/h10,12,18H,4-9,11H2,1-3H3. The number of halogens is 1. The van der Waals surface area contributed by atoms with Crippen LogP contribution in [0.4, 0.5) is 10.2 Å². The molecule has 1 aliphatic heterocycles. The molecule has 1 fully saturated rings. The van der Waals surface area contributed by atoms with Crippen molar-refractivity contribution < 1.29 is 4.39 Å². The third-order valence-corrected chi connectivity index (χ3v) is 4.90. The van der Waals surface area contributed by atoms with Crippen molar-refractivity contribution in [1.82, 2.24) is 10.3 Å². The van der Waals surface area contributed by atoms with Gasteiger partial charge in [-0.05, 0) is 31.4 Å². The van der Waals surface area contributed by atoms with Crippen LogP contribution < -0.4 is 10.2 Å². The Hall–Kier alpha value is -1.16. The van der Waals surface area contributed by atoms with E-state index in [1.54, 1.807) is 6.07 Å². The fourth-order valence-corrected chi connectivity index (χ4v) is 3.23. The smallest absolute Gasteiger partial charge is 0.141 e. The molecule has 1 aromatic heterocycles. The van der Waals surface area contributed by atoms with Gasteiger partial charge in [0.15, 0.2) is 0 Å². The van der Waals surface area contributed by atoms with Crippen molar-refractivity contribution in [2.24, 2.45) is 5.41 Å². The Morgan fingerprint density at radius 3 is 2.50 bits per heavy atom. The number of hydrogen-bond donors (Lipinski definition) is 1. The molecule has 0 amide bonds. The van der Waals surface area contributed by atoms with Crippen LogP contribution in [-0.2, 0) is 6.54 Å². The van der Waals surface area contributed by atoms with E-state index in [9.17, 15) is 4.39 Å². The molecule has 4 heteroatoms. The predicted octanol–water partition coefficient (Wildman–Crippen LogP) is 3.35. The summed E-state index contributed by atoms with van der Waals surface area (Å²) in [4.78, 5) is 6.65. The van der Waals surface area contributed by atoms with Gasteiger partial charge in [-0.3, -0.25) is 0 Å². The van der Waals surface area contributed by atoms with E-state index in [1.807, 2.05) is 7.05 Å². The van der Waals surface area contributed by atoms with E-state index >= 15 is 0 Å². The second kappa shape index (κ2) is 6.53. The summed E-state index contributed by atoms with van der Waals surface area (Å²) in [5.41, 5.74) is 1.45. The zero-order valence-electron chi connectivity index (χ0n) is 12.9. The number of anilines is 1. The minimum atomic E-state index is -0.257. The predicted molar refractivity (Wildman–Crippen MR) is 81.4 cm³/mol. The van der Waals surface area contributed by atoms with Crippen molar-refractivity contribution in [3.05, 3.63) is 23.6 Å². The van der Waals surface area contributed by atoms with Crippen LogP contribution in [-0.4, -0.2) is 25.1 Å². The molecular formula is C16H26FN3. The van der Waals surface area contributed by atoms with Crippen LogP contribution in [0.2, 0.25) is 0 Å². The van der Waals surface area contributed by atoms with E-state index < -0.39 is 0 Å². The summed E-state index contributed by atoms with van der Waals surface area (Å²) >= 11 is 0. The molecule has 0 aromatic carbocycles. The summed E-state index contributed by atoms with van der Waals surface area (Å²) in [6.45, 7) is 7.29. The maximum absolute atomic E-state index is 13.4. The van der Waals surface area contributed by atoms with Gasteiger partial charge in [-0.15, -0.1) is 0 Å². The van der Waals surface area contributed by atoms with Crippen molar-refractivity contribution in [2.75, 3.05) is 25.0 Å². The Morgan fingerprint density at radius 2 is 1.95 bits per heavy atom. The van der Waals surface area contributed by atoms with E-state index in [4.69, 9.17) is 0 Å². The molecule has 1 aliphatic rings. The monoisotopic (exact) mass is 279 g/mol. The number of hydrogen-bond acceptors (Lipinski definition) is 3. The summed E-state index contributed by atoms with van der Waals surface area (Å²) in [6, 6.07) is 1.60. The van der Waals surface area contributed by atoms with Crippen LogP contribution >= 0.6 is 0 Å². The van der Waals surface area contributed by atoms with Crippen LogP contribution in [0, 0.1) is 11.2 Å². The van der Waals surface area contributed by atoms with Crippen molar-refractivity contribution in [3.63, 3.8) is 0 Å². The number of piperidine rings is 1. The fraction of sp³-hybridized carbons (Fsp3) is 0.688. The molecule has 20 heavy (non-hydrogen) atoms. The Kier molecular flexibility index (Phi) is 4.97. The minimum absolute atomic E-state index is 0.257. The van der Waals surface area contributed by atoms with Gasteiger partial charge in [0.05, 0.1) is 6.20 Å². The Balaban J connectivity index is 2.14. The van der Waals surface area contributed by atoms with E-state index in [0.717, 1.165) is 24.5 Å².